The molecule has 0 saturated carbocycles. The van der Waals surface area contributed by atoms with E-state index in [0.717, 1.165) is 17.0 Å². The number of aromatic nitrogens is 1. The molecule has 3 aromatic rings. The van der Waals surface area contributed by atoms with E-state index in [4.69, 9.17) is 4.42 Å². The molecule has 0 N–H and O–H groups in total. The second-order valence-corrected chi connectivity index (χ2v) is 5.26. The monoisotopic (exact) mass is 306 g/mol. The zero-order valence-electron chi connectivity index (χ0n) is 12.8. The Morgan fingerprint density at radius 3 is 2.61 bits per heavy atom. The van der Waals surface area contributed by atoms with Crippen molar-refractivity contribution in [1.82, 2.24) is 4.98 Å². The molecule has 0 spiro atoms. The van der Waals surface area contributed by atoms with Crippen LogP contribution in [0.15, 0.2) is 77.7 Å². The van der Waals surface area contributed by atoms with Gasteiger partial charge in [-0.1, -0.05) is 24.3 Å². The molecule has 4 nitrogen and oxygen atoms in total. The Kier molecular flexibility index (Phi) is 4.84. The summed E-state index contributed by atoms with van der Waals surface area (Å²) in [5, 5.41) is 0. The van der Waals surface area contributed by atoms with Crippen molar-refractivity contribution >= 4 is 11.6 Å². The number of para-hydroxylation sites is 1. The van der Waals surface area contributed by atoms with Gasteiger partial charge >= 0.3 is 0 Å². The fourth-order valence-electron chi connectivity index (χ4n) is 2.43. The number of amides is 1. The van der Waals surface area contributed by atoms with Gasteiger partial charge in [0.25, 0.3) is 0 Å². The van der Waals surface area contributed by atoms with Crippen LogP contribution >= 0.6 is 0 Å². The number of rotatable bonds is 6. The molecule has 0 bridgehead atoms. The van der Waals surface area contributed by atoms with Gasteiger partial charge in [0, 0.05) is 30.9 Å². The van der Waals surface area contributed by atoms with Crippen molar-refractivity contribution in [3.05, 3.63) is 84.6 Å². The van der Waals surface area contributed by atoms with E-state index >= 15 is 0 Å². The number of pyridine rings is 1. The standard InChI is InChI=1S/C19H18N2O2/c22-19(11-10-18-9-5-13-23-18)21(17-7-2-1-3-8-17)15-16-6-4-12-20-14-16/h1-9,12-14H,10-11,15H2. The van der Waals surface area contributed by atoms with Crippen molar-refractivity contribution in [3.63, 3.8) is 0 Å². The second-order valence-electron chi connectivity index (χ2n) is 5.26. The van der Waals surface area contributed by atoms with Crippen LogP contribution in [-0.4, -0.2) is 10.9 Å². The van der Waals surface area contributed by atoms with Gasteiger partial charge in [0.15, 0.2) is 0 Å². The lowest BCUT2D eigenvalue weighted by Gasteiger charge is -2.23. The third-order valence-corrected chi connectivity index (χ3v) is 3.60. The lowest BCUT2D eigenvalue weighted by molar-refractivity contribution is -0.118. The Hall–Kier alpha value is -2.88. The molecule has 23 heavy (non-hydrogen) atoms. The van der Waals surface area contributed by atoms with Crippen LogP contribution in [-0.2, 0) is 17.8 Å². The first-order valence-electron chi connectivity index (χ1n) is 7.59. The molecule has 0 atom stereocenters. The molecule has 3 rings (SSSR count). The number of carbonyl (C=O) groups is 1. The zero-order chi connectivity index (χ0) is 15.9. The van der Waals surface area contributed by atoms with Crippen molar-refractivity contribution in [1.29, 1.82) is 0 Å². The quantitative estimate of drug-likeness (QED) is 0.695. The summed E-state index contributed by atoms with van der Waals surface area (Å²) in [6.07, 6.45) is 6.15. The molecule has 4 heteroatoms. The third kappa shape index (κ3) is 4.07. The molecule has 116 valence electrons. The smallest absolute Gasteiger partial charge is 0.227 e. The van der Waals surface area contributed by atoms with Gasteiger partial charge in [-0.05, 0) is 35.9 Å². The third-order valence-electron chi connectivity index (χ3n) is 3.60. The summed E-state index contributed by atoms with van der Waals surface area (Å²) < 4.78 is 5.31. The maximum atomic E-state index is 12.7. The number of benzene rings is 1. The van der Waals surface area contributed by atoms with Gasteiger partial charge in [-0.2, -0.15) is 0 Å². The first-order chi connectivity index (χ1) is 11.3. The van der Waals surface area contributed by atoms with Crippen LogP contribution in [0.5, 0.6) is 0 Å². The largest absolute Gasteiger partial charge is 0.469 e. The fourth-order valence-corrected chi connectivity index (χ4v) is 2.43. The van der Waals surface area contributed by atoms with E-state index in [1.165, 1.54) is 0 Å². The lowest BCUT2D eigenvalue weighted by atomic mass is 10.2. The highest BCUT2D eigenvalue weighted by Gasteiger charge is 2.16. The average molecular weight is 306 g/mol. The van der Waals surface area contributed by atoms with Gasteiger partial charge < -0.3 is 9.32 Å². The highest BCUT2D eigenvalue weighted by molar-refractivity contribution is 5.93. The van der Waals surface area contributed by atoms with Gasteiger partial charge in [0.05, 0.1) is 12.8 Å². The topological polar surface area (TPSA) is 46.3 Å². The van der Waals surface area contributed by atoms with Crippen molar-refractivity contribution in [2.24, 2.45) is 0 Å². The molecule has 0 unspecified atom stereocenters. The van der Waals surface area contributed by atoms with Crippen molar-refractivity contribution in [3.8, 4) is 0 Å². The van der Waals surface area contributed by atoms with Crippen LogP contribution in [0.4, 0.5) is 5.69 Å². The van der Waals surface area contributed by atoms with E-state index in [-0.39, 0.29) is 5.91 Å². The van der Waals surface area contributed by atoms with E-state index in [1.807, 2.05) is 54.6 Å². The molecule has 2 aromatic heterocycles. The van der Waals surface area contributed by atoms with Crippen LogP contribution in [0.1, 0.15) is 17.7 Å². The number of carbonyl (C=O) groups excluding carboxylic acids is 1. The van der Waals surface area contributed by atoms with Crippen LogP contribution < -0.4 is 4.90 Å². The number of hydrogen-bond donors (Lipinski definition) is 0. The van der Waals surface area contributed by atoms with E-state index in [1.54, 1.807) is 23.6 Å². The van der Waals surface area contributed by atoms with Crippen LogP contribution in [0.3, 0.4) is 0 Å². The highest BCUT2D eigenvalue weighted by atomic mass is 16.3. The summed E-state index contributed by atoms with van der Waals surface area (Å²) in [6.45, 7) is 0.509. The van der Waals surface area contributed by atoms with Gasteiger partial charge in [0.2, 0.25) is 5.91 Å². The van der Waals surface area contributed by atoms with E-state index < -0.39 is 0 Å². The molecule has 0 saturated heterocycles. The van der Waals surface area contributed by atoms with Gasteiger partial charge in [-0.3, -0.25) is 9.78 Å². The Labute approximate surface area is 135 Å². The Morgan fingerprint density at radius 1 is 1.04 bits per heavy atom. The molecular weight excluding hydrogens is 288 g/mol. The van der Waals surface area contributed by atoms with Crippen LogP contribution in [0.25, 0.3) is 0 Å². The van der Waals surface area contributed by atoms with Crippen LogP contribution in [0.2, 0.25) is 0 Å². The number of aryl methyl sites for hydroxylation is 1. The predicted octanol–water partition coefficient (Wildman–Crippen LogP) is 3.84. The summed E-state index contributed by atoms with van der Waals surface area (Å²) in [5.41, 5.74) is 1.89. The number of hydrogen-bond acceptors (Lipinski definition) is 3. The fraction of sp³-hybridized carbons (Fsp3) is 0.158. The lowest BCUT2D eigenvalue weighted by Crippen LogP contribution is -2.30. The Balaban J connectivity index is 1.75. The molecular formula is C19H18N2O2. The molecule has 0 aliphatic heterocycles. The van der Waals surface area contributed by atoms with Gasteiger partial charge in [-0.15, -0.1) is 0 Å². The van der Waals surface area contributed by atoms with E-state index in [0.29, 0.717) is 19.4 Å². The second kappa shape index (κ2) is 7.40. The van der Waals surface area contributed by atoms with Crippen molar-refractivity contribution in [2.45, 2.75) is 19.4 Å². The number of anilines is 1. The molecule has 2 heterocycles. The Bertz CT molecular complexity index is 725. The summed E-state index contributed by atoms with van der Waals surface area (Å²) in [4.78, 5) is 18.6. The normalized spacial score (nSPS) is 10.4. The van der Waals surface area contributed by atoms with Crippen molar-refractivity contribution in [2.75, 3.05) is 4.90 Å². The predicted molar refractivity (Wildman–Crippen MR) is 88.9 cm³/mol. The molecule has 0 aliphatic rings. The van der Waals surface area contributed by atoms with Crippen molar-refractivity contribution < 1.29 is 9.21 Å². The number of nitrogens with zero attached hydrogens (tertiary/aromatic N) is 2. The van der Waals surface area contributed by atoms with Gasteiger partial charge in [0.1, 0.15) is 5.76 Å². The highest BCUT2D eigenvalue weighted by Crippen LogP contribution is 2.18. The molecule has 1 aromatic carbocycles. The Morgan fingerprint density at radius 2 is 1.91 bits per heavy atom. The first-order valence-corrected chi connectivity index (χ1v) is 7.59. The molecule has 1 amide bonds. The minimum atomic E-state index is 0.0662. The first kappa shape index (κ1) is 15.0. The van der Waals surface area contributed by atoms with E-state index in [2.05, 4.69) is 4.98 Å². The molecule has 0 fully saturated rings. The van der Waals surface area contributed by atoms with Crippen LogP contribution in [0, 0.1) is 0 Å². The summed E-state index contributed by atoms with van der Waals surface area (Å²) >= 11 is 0. The van der Waals surface area contributed by atoms with E-state index in [9.17, 15) is 4.79 Å². The average Bonchev–Trinajstić information content (AvgIpc) is 3.13. The minimum Gasteiger partial charge on any atom is -0.469 e. The zero-order valence-corrected chi connectivity index (χ0v) is 12.8. The summed E-state index contributed by atoms with van der Waals surface area (Å²) in [7, 11) is 0. The minimum absolute atomic E-state index is 0.0662. The molecule has 0 aliphatic carbocycles. The SMILES string of the molecule is O=C(CCc1ccco1)N(Cc1cccnc1)c1ccccc1. The summed E-state index contributed by atoms with van der Waals surface area (Å²) in [5.74, 6) is 0.893. The molecule has 0 radical (unpaired) electrons. The maximum Gasteiger partial charge on any atom is 0.227 e. The number of furan rings is 1. The summed E-state index contributed by atoms with van der Waals surface area (Å²) in [6, 6.07) is 17.3. The van der Waals surface area contributed by atoms with Gasteiger partial charge in [-0.25, -0.2) is 0 Å². The maximum absolute atomic E-state index is 12.7.